The SMILES string of the molecule is CCCCCC(C)Nc1ccccc1S(N)(=O)=O. The molecule has 1 aromatic carbocycles. The van der Waals surface area contributed by atoms with Gasteiger partial charge in [0.15, 0.2) is 0 Å². The standard InChI is InChI=1S/C13H22N2O2S/c1-3-4-5-8-11(2)15-12-9-6-7-10-13(12)18(14,16)17/h6-7,9-11,15H,3-5,8H2,1-2H3,(H2,14,16,17). The van der Waals surface area contributed by atoms with E-state index in [-0.39, 0.29) is 10.9 Å². The zero-order valence-electron chi connectivity index (χ0n) is 11.0. The molecule has 0 aliphatic heterocycles. The highest BCUT2D eigenvalue weighted by molar-refractivity contribution is 7.89. The first kappa shape index (κ1) is 15.0. The topological polar surface area (TPSA) is 72.2 Å². The summed E-state index contributed by atoms with van der Waals surface area (Å²) < 4.78 is 22.9. The van der Waals surface area contributed by atoms with Crippen LogP contribution in [-0.4, -0.2) is 14.5 Å². The van der Waals surface area contributed by atoms with E-state index in [2.05, 4.69) is 19.2 Å². The van der Waals surface area contributed by atoms with Crippen molar-refractivity contribution in [1.82, 2.24) is 0 Å². The summed E-state index contributed by atoms with van der Waals surface area (Å²) in [7, 11) is -3.67. The fourth-order valence-corrected chi connectivity index (χ4v) is 2.57. The second-order valence-corrected chi connectivity index (χ2v) is 6.11. The molecular weight excluding hydrogens is 248 g/mol. The predicted molar refractivity (Wildman–Crippen MR) is 75.0 cm³/mol. The zero-order valence-corrected chi connectivity index (χ0v) is 11.8. The van der Waals surface area contributed by atoms with Crippen molar-refractivity contribution in [3.8, 4) is 0 Å². The van der Waals surface area contributed by atoms with Crippen LogP contribution in [0.3, 0.4) is 0 Å². The van der Waals surface area contributed by atoms with E-state index >= 15 is 0 Å². The quantitative estimate of drug-likeness (QED) is 0.748. The van der Waals surface area contributed by atoms with Crippen LogP contribution in [0, 0.1) is 0 Å². The van der Waals surface area contributed by atoms with Crippen molar-refractivity contribution in [3.05, 3.63) is 24.3 Å². The monoisotopic (exact) mass is 270 g/mol. The van der Waals surface area contributed by atoms with Gasteiger partial charge in [-0.2, -0.15) is 0 Å². The van der Waals surface area contributed by atoms with E-state index in [1.165, 1.54) is 18.9 Å². The molecule has 5 heteroatoms. The summed E-state index contributed by atoms with van der Waals surface area (Å²) >= 11 is 0. The van der Waals surface area contributed by atoms with Crippen LogP contribution in [0.1, 0.15) is 39.5 Å². The Morgan fingerprint density at radius 2 is 1.94 bits per heavy atom. The van der Waals surface area contributed by atoms with Crippen LogP contribution >= 0.6 is 0 Å². The van der Waals surface area contributed by atoms with Gasteiger partial charge in [0.2, 0.25) is 10.0 Å². The molecule has 1 rings (SSSR count). The summed E-state index contributed by atoms with van der Waals surface area (Å²) in [6.07, 6.45) is 4.54. The summed E-state index contributed by atoms with van der Waals surface area (Å²) in [5.74, 6) is 0. The number of para-hydroxylation sites is 1. The highest BCUT2D eigenvalue weighted by Crippen LogP contribution is 2.21. The Bertz CT molecular complexity index is 472. The molecule has 0 saturated carbocycles. The summed E-state index contributed by atoms with van der Waals surface area (Å²) in [4.78, 5) is 0.160. The van der Waals surface area contributed by atoms with Crippen LogP contribution < -0.4 is 10.5 Å². The maximum atomic E-state index is 11.4. The molecule has 0 aliphatic carbocycles. The molecule has 18 heavy (non-hydrogen) atoms. The van der Waals surface area contributed by atoms with Crippen LogP contribution in [0.4, 0.5) is 5.69 Å². The van der Waals surface area contributed by atoms with Crippen molar-refractivity contribution in [1.29, 1.82) is 0 Å². The smallest absolute Gasteiger partial charge is 0.240 e. The lowest BCUT2D eigenvalue weighted by Crippen LogP contribution is -2.19. The highest BCUT2D eigenvalue weighted by atomic mass is 32.2. The van der Waals surface area contributed by atoms with E-state index in [4.69, 9.17) is 5.14 Å². The summed E-state index contributed by atoms with van der Waals surface area (Å²) in [6.45, 7) is 4.21. The fourth-order valence-electron chi connectivity index (χ4n) is 1.87. The van der Waals surface area contributed by atoms with E-state index in [0.717, 1.165) is 12.8 Å². The molecule has 0 amide bonds. The summed E-state index contributed by atoms with van der Waals surface area (Å²) in [5, 5.41) is 8.40. The average Bonchev–Trinajstić information content (AvgIpc) is 2.28. The molecule has 1 atom stereocenters. The average molecular weight is 270 g/mol. The van der Waals surface area contributed by atoms with E-state index in [1.54, 1.807) is 18.2 Å². The number of benzene rings is 1. The lowest BCUT2D eigenvalue weighted by Gasteiger charge is -2.17. The van der Waals surface area contributed by atoms with Crippen molar-refractivity contribution in [2.75, 3.05) is 5.32 Å². The molecule has 0 aliphatic rings. The molecule has 102 valence electrons. The fraction of sp³-hybridized carbons (Fsp3) is 0.538. The van der Waals surface area contributed by atoms with Crippen LogP contribution in [-0.2, 0) is 10.0 Å². The number of sulfonamides is 1. The van der Waals surface area contributed by atoms with Gasteiger partial charge in [-0.1, -0.05) is 38.3 Å². The Morgan fingerprint density at radius 3 is 2.56 bits per heavy atom. The van der Waals surface area contributed by atoms with Gasteiger partial charge in [-0.25, -0.2) is 13.6 Å². The van der Waals surface area contributed by atoms with Crippen LogP contribution in [0.5, 0.6) is 0 Å². The summed E-state index contributed by atoms with van der Waals surface area (Å²) in [5.41, 5.74) is 0.587. The van der Waals surface area contributed by atoms with Crippen molar-refractivity contribution in [3.63, 3.8) is 0 Å². The number of primary sulfonamides is 1. The molecule has 1 aromatic rings. The summed E-state index contributed by atoms with van der Waals surface area (Å²) in [6, 6.07) is 6.98. The third kappa shape index (κ3) is 4.66. The number of nitrogens with one attached hydrogen (secondary N) is 1. The van der Waals surface area contributed by atoms with Crippen LogP contribution in [0.15, 0.2) is 29.2 Å². The Balaban J connectivity index is 2.73. The molecular formula is C13H22N2O2S. The first-order valence-electron chi connectivity index (χ1n) is 6.33. The van der Waals surface area contributed by atoms with E-state index in [0.29, 0.717) is 5.69 Å². The Hall–Kier alpha value is -1.07. The molecule has 0 spiro atoms. The van der Waals surface area contributed by atoms with Gasteiger partial charge >= 0.3 is 0 Å². The molecule has 0 heterocycles. The molecule has 0 radical (unpaired) electrons. The Labute approximate surface area is 110 Å². The van der Waals surface area contributed by atoms with Crippen molar-refractivity contribution >= 4 is 15.7 Å². The normalized spacial score (nSPS) is 13.3. The highest BCUT2D eigenvalue weighted by Gasteiger charge is 2.14. The van der Waals surface area contributed by atoms with Gasteiger partial charge in [-0.3, -0.25) is 0 Å². The van der Waals surface area contributed by atoms with Gasteiger partial charge in [0, 0.05) is 6.04 Å². The van der Waals surface area contributed by atoms with Gasteiger partial charge in [-0.05, 0) is 25.5 Å². The van der Waals surface area contributed by atoms with Gasteiger partial charge in [0.05, 0.1) is 5.69 Å². The van der Waals surface area contributed by atoms with Gasteiger partial charge in [-0.15, -0.1) is 0 Å². The largest absolute Gasteiger partial charge is 0.381 e. The number of nitrogens with two attached hydrogens (primary N) is 1. The molecule has 0 fully saturated rings. The molecule has 0 bridgehead atoms. The molecule has 3 N–H and O–H groups in total. The number of rotatable bonds is 7. The third-order valence-corrected chi connectivity index (χ3v) is 3.81. The molecule has 1 unspecified atom stereocenters. The first-order valence-corrected chi connectivity index (χ1v) is 7.88. The lowest BCUT2D eigenvalue weighted by atomic mass is 10.1. The molecule has 4 nitrogen and oxygen atoms in total. The van der Waals surface area contributed by atoms with Gasteiger partial charge in [0.1, 0.15) is 4.90 Å². The second-order valence-electron chi connectivity index (χ2n) is 4.58. The third-order valence-electron chi connectivity index (χ3n) is 2.84. The maximum Gasteiger partial charge on any atom is 0.240 e. The van der Waals surface area contributed by atoms with Gasteiger partial charge < -0.3 is 5.32 Å². The van der Waals surface area contributed by atoms with Crippen molar-refractivity contribution in [2.24, 2.45) is 5.14 Å². The van der Waals surface area contributed by atoms with Crippen molar-refractivity contribution < 1.29 is 8.42 Å². The molecule has 0 saturated heterocycles. The second kappa shape index (κ2) is 6.75. The minimum atomic E-state index is -3.67. The van der Waals surface area contributed by atoms with Crippen molar-refractivity contribution in [2.45, 2.75) is 50.5 Å². The molecule has 0 aromatic heterocycles. The van der Waals surface area contributed by atoms with Gasteiger partial charge in [0.25, 0.3) is 0 Å². The predicted octanol–water partition coefficient (Wildman–Crippen LogP) is 2.71. The Morgan fingerprint density at radius 1 is 1.28 bits per heavy atom. The lowest BCUT2D eigenvalue weighted by molar-refractivity contribution is 0.596. The van der Waals surface area contributed by atoms with E-state index in [9.17, 15) is 8.42 Å². The van der Waals surface area contributed by atoms with Crippen LogP contribution in [0.25, 0.3) is 0 Å². The van der Waals surface area contributed by atoms with E-state index in [1.807, 2.05) is 0 Å². The number of unbranched alkanes of at least 4 members (excludes halogenated alkanes) is 2. The Kier molecular flexibility index (Phi) is 5.62. The number of hydrogen-bond acceptors (Lipinski definition) is 3. The zero-order chi connectivity index (χ0) is 13.6. The van der Waals surface area contributed by atoms with E-state index < -0.39 is 10.0 Å². The number of hydrogen-bond donors (Lipinski definition) is 2. The minimum absolute atomic E-state index is 0.160. The number of anilines is 1. The minimum Gasteiger partial charge on any atom is -0.381 e. The van der Waals surface area contributed by atoms with Crippen LogP contribution in [0.2, 0.25) is 0 Å². The first-order chi connectivity index (χ1) is 8.45. The maximum absolute atomic E-state index is 11.4.